The fourth-order valence-corrected chi connectivity index (χ4v) is 3.63. The van der Waals surface area contributed by atoms with E-state index in [1.165, 1.54) is 5.56 Å². The fourth-order valence-electron chi connectivity index (χ4n) is 3.63. The number of carbonyl (C=O) groups excluding carboxylic acids is 2. The van der Waals surface area contributed by atoms with Crippen molar-refractivity contribution in [2.24, 2.45) is 5.41 Å². The predicted octanol–water partition coefficient (Wildman–Crippen LogP) is 4.85. The van der Waals surface area contributed by atoms with Crippen LogP contribution in [0.5, 0.6) is 0 Å². The third-order valence-corrected chi connectivity index (χ3v) is 4.94. The van der Waals surface area contributed by atoms with Gasteiger partial charge in [-0.2, -0.15) is 0 Å². The molecule has 4 heteroatoms. The first kappa shape index (κ1) is 17.5. The number of rotatable bonds is 3. The molecule has 4 nitrogen and oxygen atoms in total. The van der Waals surface area contributed by atoms with Gasteiger partial charge < -0.3 is 10.3 Å². The summed E-state index contributed by atoms with van der Waals surface area (Å²) >= 11 is 0. The van der Waals surface area contributed by atoms with E-state index in [9.17, 15) is 9.59 Å². The molecule has 1 aromatic carbocycles. The largest absolute Gasteiger partial charge is 0.354 e. The Labute approximate surface area is 149 Å². The van der Waals surface area contributed by atoms with Crippen molar-refractivity contribution in [3.63, 3.8) is 0 Å². The second kappa shape index (κ2) is 6.17. The summed E-state index contributed by atoms with van der Waals surface area (Å²) < 4.78 is 0. The maximum absolute atomic E-state index is 12.7. The molecule has 0 aliphatic heterocycles. The van der Waals surface area contributed by atoms with Crippen molar-refractivity contribution < 1.29 is 9.59 Å². The molecule has 0 bridgehead atoms. The SMILES string of the molecule is Cc1c(C(=O)Nc2cccc(C(C)C)c2)[nH]c2c1C(=O)CC(C)(C)C2. The zero-order valence-corrected chi connectivity index (χ0v) is 15.6. The average Bonchev–Trinajstić information content (AvgIpc) is 2.83. The van der Waals surface area contributed by atoms with E-state index in [2.05, 4.69) is 44.1 Å². The van der Waals surface area contributed by atoms with Crippen molar-refractivity contribution in [1.82, 2.24) is 4.98 Å². The van der Waals surface area contributed by atoms with Crippen LogP contribution in [0.25, 0.3) is 0 Å². The van der Waals surface area contributed by atoms with Gasteiger partial charge in [0.25, 0.3) is 5.91 Å². The van der Waals surface area contributed by atoms with E-state index in [1.54, 1.807) is 0 Å². The lowest BCUT2D eigenvalue weighted by Gasteiger charge is -2.28. The molecule has 0 fully saturated rings. The number of Topliss-reactive ketones (excluding diaryl/α,β-unsaturated/α-hetero) is 1. The zero-order valence-electron chi connectivity index (χ0n) is 15.6. The topological polar surface area (TPSA) is 62.0 Å². The molecule has 0 spiro atoms. The number of aromatic nitrogens is 1. The molecule has 1 heterocycles. The number of hydrogen-bond donors (Lipinski definition) is 2. The predicted molar refractivity (Wildman–Crippen MR) is 100 cm³/mol. The van der Waals surface area contributed by atoms with Crippen molar-refractivity contribution in [2.75, 3.05) is 5.32 Å². The van der Waals surface area contributed by atoms with Crippen molar-refractivity contribution in [3.8, 4) is 0 Å². The second-order valence-electron chi connectivity index (χ2n) is 8.15. The minimum Gasteiger partial charge on any atom is -0.354 e. The number of ketones is 1. The number of benzene rings is 1. The molecule has 0 saturated heterocycles. The third kappa shape index (κ3) is 3.39. The molecule has 2 aromatic rings. The molecule has 1 amide bonds. The quantitative estimate of drug-likeness (QED) is 0.840. The fraction of sp³-hybridized carbons (Fsp3) is 0.429. The Morgan fingerprint density at radius 3 is 2.64 bits per heavy atom. The second-order valence-corrected chi connectivity index (χ2v) is 8.15. The van der Waals surface area contributed by atoms with Crippen LogP contribution in [0.1, 0.15) is 77.7 Å². The van der Waals surface area contributed by atoms with Gasteiger partial charge in [0.05, 0.1) is 0 Å². The van der Waals surface area contributed by atoms with Crippen molar-refractivity contribution in [3.05, 3.63) is 52.3 Å². The van der Waals surface area contributed by atoms with E-state index in [0.29, 0.717) is 23.6 Å². The van der Waals surface area contributed by atoms with Crippen LogP contribution in [0, 0.1) is 12.3 Å². The third-order valence-electron chi connectivity index (χ3n) is 4.94. The van der Waals surface area contributed by atoms with Gasteiger partial charge in [-0.25, -0.2) is 0 Å². The summed E-state index contributed by atoms with van der Waals surface area (Å²) in [6.07, 6.45) is 1.31. The Kier molecular flexibility index (Phi) is 4.31. The number of fused-ring (bicyclic) bond motifs is 1. The van der Waals surface area contributed by atoms with E-state index < -0.39 is 0 Å². The lowest BCUT2D eigenvalue weighted by Crippen LogP contribution is -2.26. The first-order valence-electron chi connectivity index (χ1n) is 8.84. The highest BCUT2D eigenvalue weighted by molar-refractivity contribution is 6.08. The number of aromatic amines is 1. The maximum Gasteiger partial charge on any atom is 0.272 e. The summed E-state index contributed by atoms with van der Waals surface area (Å²) in [6.45, 7) is 10.3. The van der Waals surface area contributed by atoms with E-state index in [-0.39, 0.29) is 17.1 Å². The molecular formula is C21H26N2O2. The van der Waals surface area contributed by atoms with Crippen LogP contribution in [0.3, 0.4) is 0 Å². The summed E-state index contributed by atoms with van der Waals surface area (Å²) in [5.41, 5.74) is 4.73. The van der Waals surface area contributed by atoms with E-state index in [1.807, 2.05) is 25.1 Å². The van der Waals surface area contributed by atoms with Gasteiger partial charge >= 0.3 is 0 Å². The molecular weight excluding hydrogens is 312 g/mol. The number of H-pyrrole nitrogens is 1. The Morgan fingerprint density at radius 2 is 1.96 bits per heavy atom. The van der Waals surface area contributed by atoms with E-state index >= 15 is 0 Å². The van der Waals surface area contributed by atoms with Crippen molar-refractivity contribution in [1.29, 1.82) is 0 Å². The highest BCUT2D eigenvalue weighted by Crippen LogP contribution is 2.36. The number of amides is 1. The zero-order chi connectivity index (χ0) is 18.4. The minimum absolute atomic E-state index is 0.0687. The Bertz CT molecular complexity index is 844. The van der Waals surface area contributed by atoms with E-state index in [0.717, 1.165) is 23.4 Å². The van der Waals surface area contributed by atoms with Gasteiger partial charge in [0.2, 0.25) is 0 Å². The van der Waals surface area contributed by atoms with Gasteiger partial charge in [0, 0.05) is 23.4 Å². The van der Waals surface area contributed by atoms with E-state index in [4.69, 9.17) is 0 Å². The number of carbonyl (C=O) groups is 2. The lowest BCUT2D eigenvalue weighted by molar-refractivity contribution is 0.0910. The molecule has 132 valence electrons. The van der Waals surface area contributed by atoms with Crippen LogP contribution < -0.4 is 5.32 Å². The molecule has 1 aromatic heterocycles. The first-order valence-corrected chi connectivity index (χ1v) is 8.84. The molecule has 25 heavy (non-hydrogen) atoms. The van der Waals surface area contributed by atoms with Crippen LogP contribution in [0.4, 0.5) is 5.69 Å². The molecule has 1 aliphatic carbocycles. The van der Waals surface area contributed by atoms with Crippen LogP contribution in [-0.2, 0) is 6.42 Å². The van der Waals surface area contributed by atoms with Gasteiger partial charge in [0.15, 0.2) is 5.78 Å². The van der Waals surface area contributed by atoms with Crippen LogP contribution in [0.2, 0.25) is 0 Å². The molecule has 0 saturated carbocycles. The normalized spacial score (nSPS) is 16.0. The molecule has 3 rings (SSSR count). The monoisotopic (exact) mass is 338 g/mol. The standard InChI is InChI=1S/C21H26N2O2/c1-12(2)14-7-6-8-15(9-14)22-20(25)19-13(3)18-16(23-19)10-21(4,5)11-17(18)24/h6-9,12,23H,10-11H2,1-5H3,(H,22,25). The van der Waals surface area contributed by atoms with Crippen LogP contribution >= 0.6 is 0 Å². The molecule has 0 atom stereocenters. The summed E-state index contributed by atoms with van der Waals surface area (Å²) in [4.78, 5) is 28.4. The molecule has 2 N–H and O–H groups in total. The number of anilines is 1. The lowest BCUT2D eigenvalue weighted by atomic mass is 9.75. The van der Waals surface area contributed by atoms with Gasteiger partial charge in [-0.3, -0.25) is 9.59 Å². The smallest absolute Gasteiger partial charge is 0.272 e. The maximum atomic E-state index is 12.7. The molecule has 1 aliphatic rings. The van der Waals surface area contributed by atoms with Crippen LogP contribution in [-0.4, -0.2) is 16.7 Å². The Morgan fingerprint density at radius 1 is 1.24 bits per heavy atom. The summed E-state index contributed by atoms with van der Waals surface area (Å²) in [6, 6.07) is 7.88. The van der Waals surface area contributed by atoms with Crippen molar-refractivity contribution in [2.45, 2.75) is 53.4 Å². The number of hydrogen-bond acceptors (Lipinski definition) is 2. The Balaban J connectivity index is 1.89. The summed E-state index contributed by atoms with van der Waals surface area (Å²) in [5.74, 6) is 0.329. The molecule has 0 unspecified atom stereocenters. The summed E-state index contributed by atoms with van der Waals surface area (Å²) in [5, 5.41) is 2.96. The first-order chi connectivity index (χ1) is 11.7. The van der Waals surface area contributed by atoms with Gasteiger partial charge in [0.1, 0.15) is 5.69 Å². The minimum atomic E-state index is -0.196. The van der Waals surface area contributed by atoms with Gasteiger partial charge in [-0.15, -0.1) is 0 Å². The summed E-state index contributed by atoms with van der Waals surface area (Å²) in [7, 11) is 0. The molecule has 0 radical (unpaired) electrons. The highest BCUT2D eigenvalue weighted by atomic mass is 16.2. The van der Waals surface area contributed by atoms with Crippen molar-refractivity contribution >= 4 is 17.4 Å². The van der Waals surface area contributed by atoms with Crippen LogP contribution in [0.15, 0.2) is 24.3 Å². The Hall–Kier alpha value is -2.36. The average molecular weight is 338 g/mol. The van der Waals surface area contributed by atoms with Gasteiger partial charge in [-0.05, 0) is 47.9 Å². The van der Waals surface area contributed by atoms with Gasteiger partial charge in [-0.1, -0.05) is 39.8 Å². The highest BCUT2D eigenvalue weighted by Gasteiger charge is 2.35. The number of nitrogens with one attached hydrogen (secondary N) is 2.